The molecule has 96 valence electrons. The zero-order valence-electron chi connectivity index (χ0n) is 11.1. The largest absolute Gasteiger partial charge is 0.386 e. The Kier molecular flexibility index (Phi) is 2.41. The fourth-order valence-corrected chi connectivity index (χ4v) is 4.19. The molecule has 0 bridgehead atoms. The van der Waals surface area contributed by atoms with E-state index in [4.69, 9.17) is 4.74 Å². The van der Waals surface area contributed by atoms with Gasteiger partial charge in [0.25, 0.3) is 0 Å². The van der Waals surface area contributed by atoms with Crippen LogP contribution in [0.1, 0.15) is 20.7 Å². The van der Waals surface area contributed by atoms with E-state index in [0.29, 0.717) is 11.1 Å². The van der Waals surface area contributed by atoms with Crippen molar-refractivity contribution in [2.45, 2.75) is 19.6 Å². The average Bonchev–Trinajstić information content (AvgIpc) is 2.33. The monoisotopic (exact) mass is 270 g/mol. The van der Waals surface area contributed by atoms with Gasteiger partial charge >= 0.3 is 11.9 Å². The van der Waals surface area contributed by atoms with E-state index in [0.717, 1.165) is 10.8 Å². The van der Waals surface area contributed by atoms with Crippen LogP contribution in [0, 0.1) is 0 Å². The lowest BCUT2D eigenvalue weighted by Gasteiger charge is -2.23. The van der Waals surface area contributed by atoms with Crippen LogP contribution in [0.15, 0.2) is 30.3 Å². The third kappa shape index (κ3) is 1.71. The van der Waals surface area contributed by atoms with Crippen LogP contribution in [-0.4, -0.2) is 20.0 Å². The molecule has 0 saturated carbocycles. The van der Waals surface area contributed by atoms with Crippen molar-refractivity contribution in [2.24, 2.45) is 0 Å². The minimum absolute atomic E-state index is 0.493. The van der Waals surface area contributed by atoms with Crippen molar-refractivity contribution in [2.75, 3.05) is 0 Å². The average molecular weight is 270 g/mol. The van der Waals surface area contributed by atoms with E-state index < -0.39 is 20.0 Å². The second-order valence-electron chi connectivity index (χ2n) is 5.82. The van der Waals surface area contributed by atoms with Gasteiger partial charge in [-0.05, 0) is 17.5 Å². The number of carbonyl (C=O) groups is 2. The molecule has 4 heteroatoms. The molecule has 3 nitrogen and oxygen atoms in total. The molecule has 0 radical (unpaired) electrons. The second-order valence-corrected chi connectivity index (χ2v) is 10.9. The molecule has 1 aliphatic rings. The molecule has 0 fully saturated rings. The highest BCUT2D eigenvalue weighted by molar-refractivity contribution is 6.90. The van der Waals surface area contributed by atoms with Gasteiger partial charge in [0.15, 0.2) is 0 Å². The van der Waals surface area contributed by atoms with Crippen molar-refractivity contribution in [1.29, 1.82) is 0 Å². The third-order valence-corrected chi connectivity index (χ3v) is 5.53. The lowest BCUT2D eigenvalue weighted by atomic mass is 9.97. The minimum Gasteiger partial charge on any atom is -0.386 e. The molecule has 0 N–H and O–H groups in total. The molecule has 1 heterocycles. The Bertz CT molecular complexity index is 706. The van der Waals surface area contributed by atoms with Gasteiger partial charge in [-0.25, -0.2) is 9.59 Å². The predicted octanol–water partition coefficient (Wildman–Crippen LogP) is 2.70. The van der Waals surface area contributed by atoms with E-state index in [2.05, 4.69) is 19.6 Å². The Morgan fingerprint density at radius 1 is 0.895 bits per heavy atom. The zero-order chi connectivity index (χ0) is 13.8. The second kappa shape index (κ2) is 3.77. The van der Waals surface area contributed by atoms with Crippen LogP contribution in [0.2, 0.25) is 19.6 Å². The number of hydrogen-bond acceptors (Lipinski definition) is 3. The normalized spacial score (nSPS) is 14.7. The Labute approximate surface area is 112 Å². The van der Waals surface area contributed by atoms with E-state index in [1.165, 1.54) is 5.19 Å². The zero-order valence-corrected chi connectivity index (χ0v) is 12.1. The van der Waals surface area contributed by atoms with Gasteiger partial charge in [-0.15, -0.1) is 0 Å². The van der Waals surface area contributed by atoms with Crippen LogP contribution in [0.3, 0.4) is 0 Å². The number of ether oxygens (including phenoxy) is 1. The van der Waals surface area contributed by atoms with E-state index >= 15 is 0 Å². The van der Waals surface area contributed by atoms with Crippen LogP contribution in [0.25, 0.3) is 10.8 Å². The molecule has 2 aromatic rings. The molecule has 19 heavy (non-hydrogen) atoms. The molecule has 2 aromatic carbocycles. The molecule has 0 aliphatic carbocycles. The first kappa shape index (κ1) is 12.1. The smallest absolute Gasteiger partial charge is 0.346 e. The maximum absolute atomic E-state index is 11.8. The van der Waals surface area contributed by atoms with E-state index in [-0.39, 0.29) is 0 Å². The Hall–Kier alpha value is -1.94. The molecule has 0 unspecified atom stereocenters. The number of cyclic esters (lactones) is 2. The van der Waals surface area contributed by atoms with Crippen molar-refractivity contribution in [3.63, 3.8) is 0 Å². The molecule has 1 aliphatic heterocycles. The van der Waals surface area contributed by atoms with Crippen molar-refractivity contribution in [1.82, 2.24) is 0 Å². The lowest BCUT2D eigenvalue weighted by Crippen LogP contribution is -2.38. The highest BCUT2D eigenvalue weighted by Crippen LogP contribution is 2.28. The summed E-state index contributed by atoms with van der Waals surface area (Å²) < 4.78 is 4.76. The number of hydrogen-bond donors (Lipinski definition) is 0. The van der Waals surface area contributed by atoms with Crippen molar-refractivity contribution < 1.29 is 14.3 Å². The predicted molar refractivity (Wildman–Crippen MR) is 76.7 cm³/mol. The number of rotatable bonds is 1. The lowest BCUT2D eigenvalue weighted by molar-refractivity contribution is 0.0391. The summed E-state index contributed by atoms with van der Waals surface area (Å²) in [5.41, 5.74) is 0.986. The van der Waals surface area contributed by atoms with Crippen LogP contribution in [0.5, 0.6) is 0 Å². The van der Waals surface area contributed by atoms with Crippen molar-refractivity contribution >= 4 is 36.0 Å². The van der Waals surface area contributed by atoms with Gasteiger partial charge in [-0.2, -0.15) is 0 Å². The van der Waals surface area contributed by atoms with E-state index in [1.807, 2.05) is 18.2 Å². The molecule has 0 amide bonds. The SMILES string of the molecule is C[Si](C)(C)c1ccc2c3c(cccc13)C(=O)OC2=O. The van der Waals surface area contributed by atoms with Crippen LogP contribution in [0.4, 0.5) is 0 Å². The first-order valence-electron chi connectivity index (χ1n) is 6.22. The van der Waals surface area contributed by atoms with E-state index in [1.54, 1.807) is 12.1 Å². The van der Waals surface area contributed by atoms with E-state index in [9.17, 15) is 9.59 Å². The summed E-state index contributed by atoms with van der Waals surface area (Å²) >= 11 is 0. The fraction of sp³-hybridized carbons (Fsp3) is 0.200. The van der Waals surface area contributed by atoms with Crippen LogP contribution < -0.4 is 5.19 Å². The van der Waals surface area contributed by atoms with Gasteiger partial charge in [0.2, 0.25) is 0 Å². The topological polar surface area (TPSA) is 43.4 Å². The van der Waals surface area contributed by atoms with Gasteiger partial charge in [0, 0.05) is 5.39 Å². The highest BCUT2D eigenvalue weighted by Gasteiger charge is 2.29. The molecule has 3 rings (SSSR count). The highest BCUT2D eigenvalue weighted by atomic mass is 28.3. The maximum atomic E-state index is 11.8. The number of carbonyl (C=O) groups excluding carboxylic acids is 2. The summed E-state index contributed by atoms with van der Waals surface area (Å²) in [5, 5.41) is 3.03. The fourth-order valence-electron chi connectivity index (χ4n) is 2.60. The molecule has 0 aromatic heterocycles. The molecular weight excluding hydrogens is 256 g/mol. The Morgan fingerprint density at radius 2 is 1.53 bits per heavy atom. The summed E-state index contributed by atoms with van der Waals surface area (Å²) in [6, 6.07) is 9.34. The van der Waals surface area contributed by atoms with Crippen LogP contribution in [-0.2, 0) is 4.74 Å². The Balaban J connectivity index is 2.49. The van der Waals surface area contributed by atoms with Gasteiger partial charge in [-0.3, -0.25) is 0 Å². The minimum atomic E-state index is -1.54. The third-order valence-electron chi connectivity index (χ3n) is 3.47. The standard InChI is InChI=1S/C15H14O3Si/c1-19(2,3)12-8-7-11-13-9(12)5-4-6-10(13)14(16)18-15(11)17/h4-8H,1-3H3. The van der Waals surface area contributed by atoms with Crippen LogP contribution >= 0.6 is 0 Å². The number of benzene rings is 2. The molecule has 0 spiro atoms. The van der Waals surface area contributed by atoms with Gasteiger partial charge in [-0.1, -0.05) is 43.0 Å². The summed E-state index contributed by atoms with van der Waals surface area (Å²) in [4.78, 5) is 23.6. The summed E-state index contributed by atoms with van der Waals surface area (Å²) in [5.74, 6) is -1.09. The van der Waals surface area contributed by atoms with Gasteiger partial charge in [0.1, 0.15) is 0 Å². The summed E-state index contributed by atoms with van der Waals surface area (Å²) in [6.07, 6.45) is 0. The number of esters is 2. The van der Waals surface area contributed by atoms with Gasteiger partial charge < -0.3 is 4.74 Å². The summed E-state index contributed by atoms with van der Waals surface area (Å²) in [7, 11) is -1.54. The first-order chi connectivity index (χ1) is 8.89. The van der Waals surface area contributed by atoms with Crippen molar-refractivity contribution in [3.8, 4) is 0 Å². The molecule has 0 atom stereocenters. The molecular formula is C15H14O3Si. The van der Waals surface area contributed by atoms with Gasteiger partial charge in [0.05, 0.1) is 19.2 Å². The van der Waals surface area contributed by atoms with Crippen molar-refractivity contribution in [3.05, 3.63) is 41.5 Å². The Morgan fingerprint density at radius 3 is 2.16 bits per heavy atom. The first-order valence-corrected chi connectivity index (χ1v) is 9.72. The quantitative estimate of drug-likeness (QED) is 0.454. The maximum Gasteiger partial charge on any atom is 0.346 e. The summed E-state index contributed by atoms with van der Waals surface area (Å²) in [6.45, 7) is 6.75. The molecule has 0 saturated heterocycles.